The Kier molecular flexibility index (Phi) is 6.51. The Balaban J connectivity index is 1.68. The van der Waals surface area contributed by atoms with E-state index in [4.69, 9.17) is 4.74 Å². The van der Waals surface area contributed by atoms with Crippen LogP contribution in [0, 0.1) is 0 Å². The number of carbonyl (C=O) groups excluding carboxylic acids is 1. The third-order valence-electron chi connectivity index (χ3n) is 3.81. The van der Waals surface area contributed by atoms with Crippen LogP contribution in [0.5, 0.6) is 5.75 Å². The van der Waals surface area contributed by atoms with Crippen LogP contribution in [0.15, 0.2) is 28.7 Å². The van der Waals surface area contributed by atoms with Gasteiger partial charge in [-0.15, -0.1) is 0 Å². The first-order valence-corrected chi connectivity index (χ1v) is 8.32. The third-order valence-corrected chi connectivity index (χ3v) is 4.47. The van der Waals surface area contributed by atoms with Crippen molar-refractivity contribution in [3.05, 3.63) is 28.7 Å². The molecule has 0 spiro atoms. The summed E-state index contributed by atoms with van der Waals surface area (Å²) in [5.74, 6) is 1.07. The predicted molar refractivity (Wildman–Crippen MR) is 87.5 cm³/mol. The molecule has 1 aromatic rings. The Hall–Kier alpha value is -1.07. The van der Waals surface area contributed by atoms with E-state index in [9.17, 15) is 4.79 Å². The van der Waals surface area contributed by atoms with Crippen LogP contribution in [0.25, 0.3) is 0 Å². The van der Waals surface area contributed by atoms with E-state index in [2.05, 4.69) is 21.2 Å². The van der Waals surface area contributed by atoms with E-state index in [1.165, 1.54) is 0 Å². The van der Waals surface area contributed by atoms with Gasteiger partial charge in [0.15, 0.2) is 0 Å². The average molecular weight is 355 g/mol. The van der Waals surface area contributed by atoms with E-state index < -0.39 is 0 Å². The summed E-state index contributed by atoms with van der Waals surface area (Å²) in [6.45, 7) is 2.29. The highest BCUT2D eigenvalue weighted by Gasteiger charge is 2.21. The molecule has 2 rings (SSSR count). The van der Waals surface area contributed by atoms with Gasteiger partial charge in [0, 0.05) is 25.6 Å². The Morgan fingerprint density at radius 2 is 2.29 bits per heavy atom. The van der Waals surface area contributed by atoms with Gasteiger partial charge in [-0.1, -0.05) is 12.1 Å². The van der Waals surface area contributed by atoms with E-state index in [0.29, 0.717) is 19.1 Å². The zero-order valence-electron chi connectivity index (χ0n) is 12.5. The fourth-order valence-electron chi connectivity index (χ4n) is 2.56. The molecule has 1 amide bonds. The lowest BCUT2D eigenvalue weighted by atomic mass is 10.1. The molecule has 116 valence electrons. The highest BCUT2D eigenvalue weighted by atomic mass is 79.9. The van der Waals surface area contributed by atoms with Gasteiger partial charge in [-0.3, -0.25) is 4.79 Å². The summed E-state index contributed by atoms with van der Waals surface area (Å²) in [6.07, 6.45) is 3.55. The molecule has 1 aliphatic heterocycles. The van der Waals surface area contributed by atoms with Crippen LogP contribution < -0.4 is 10.1 Å². The number of likely N-dealkylation sites (N-methyl/N-ethyl adjacent to an activating group) is 1. The Morgan fingerprint density at radius 1 is 1.48 bits per heavy atom. The van der Waals surface area contributed by atoms with Crippen molar-refractivity contribution in [3.8, 4) is 5.75 Å². The number of carbonyl (C=O) groups is 1. The first kappa shape index (κ1) is 16.3. The quantitative estimate of drug-likeness (QED) is 0.798. The molecule has 1 fully saturated rings. The number of nitrogens with one attached hydrogen (secondary N) is 1. The highest BCUT2D eigenvalue weighted by molar-refractivity contribution is 9.10. The van der Waals surface area contributed by atoms with Gasteiger partial charge < -0.3 is 15.0 Å². The first-order valence-electron chi connectivity index (χ1n) is 7.53. The summed E-state index contributed by atoms with van der Waals surface area (Å²) in [6, 6.07) is 8.21. The van der Waals surface area contributed by atoms with Gasteiger partial charge in [-0.25, -0.2) is 0 Å². The fourth-order valence-corrected chi connectivity index (χ4v) is 2.96. The van der Waals surface area contributed by atoms with Gasteiger partial charge in [0.25, 0.3) is 0 Å². The number of likely N-dealkylation sites (tertiary alicyclic amines) is 1. The minimum Gasteiger partial charge on any atom is -0.492 e. The first-order chi connectivity index (χ1) is 10.2. The van der Waals surface area contributed by atoms with Gasteiger partial charge in [0.05, 0.1) is 11.1 Å². The number of hydrogen-bond donors (Lipinski definition) is 1. The largest absolute Gasteiger partial charge is 0.492 e. The van der Waals surface area contributed by atoms with Crippen LogP contribution in [-0.4, -0.2) is 43.6 Å². The van der Waals surface area contributed by atoms with Gasteiger partial charge in [0.1, 0.15) is 5.75 Å². The van der Waals surface area contributed by atoms with E-state index >= 15 is 0 Å². The molecule has 1 atom stereocenters. The third kappa shape index (κ3) is 5.00. The van der Waals surface area contributed by atoms with Crippen LogP contribution in [0.3, 0.4) is 0 Å². The summed E-state index contributed by atoms with van der Waals surface area (Å²) in [5, 5.41) is 3.26. The number of amides is 1. The molecular formula is C16H23BrN2O2. The molecule has 1 unspecified atom stereocenters. The van der Waals surface area contributed by atoms with Crippen molar-refractivity contribution in [1.29, 1.82) is 0 Å². The van der Waals surface area contributed by atoms with E-state index in [-0.39, 0.29) is 5.91 Å². The number of piperidine rings is 1. The van der Waals surface area contributed by atoms with E-state index in [0.717, 1.165) is 42.6 Å². The molecule has 1 N–H and O–H groups in total. The van der Waals surface area contributed by atoms with Crippen molar-refractivity contribution in [3.63, 3.8) is 0 Å². The van der Waals surface area contributed by atoms with Crippen LogP contribution in [0.1, 0.15) is 25.7 Å². The standard InChI is InChI=1S/C16H23BrN2O2/c1-18-13-6-4-10-19(12-13)16(20)9-5-11-21-15-8-3-2-7-14(15)17/h2-3,7-8,13,18H,4-6,9-12H2,1H3. The Morgan fingerprint density at radius 3 is 3.05 bits per heavy atom. The van der Waals surface area contributed by atoms with Crippen molar-refractivity contribution >= 4 is 21.8 Å². The Labute approximate surface area is 135 Å². The summed E-state index contributed by atoms with van der Waals surface area (Å²) in [5.41, 5.74) is 0. The fraction of sp³-hybridized carbons (Fsp3) is 0.562. The second kappa shape index (κ2) is 8.39. The molecule has 0 radical (unpaired) electrons. The molecule has 1 saturated heterocycles. The van der Waals surface area contributed by atoms with Crippen LogP contribution >= 0.6 is 15.9 Å². The van der Waals surface area contributed by atoms with Gasteiger partial charge in [-0.05, 0) is 54.4 Å². The second-order valence-electron chi connectivity index (χ2n) is 5.35. The topological polar surface area (TPSA) is 41.6 Å². The summed E-state index contributed by atoms with van der Waals surface area (Å²) in [4.78, 5) is 14.1. The zero-order chi connectivity index (χ0) is 15.1. The molecule has 5 heteroatoms. The number of benzene rings is 1. The number of hydrogen-bond acceptors (Lipinski definition) is 3. The van der Waals surface area contributed by atoms with Gasteiger partial charge in [0.2, 0.25) is 5.91 Å². The molecule has 1 aromatic carbocycles. The smallest absolute Gasteiger partial charge is 0.222 e. The van der Waals surface area contributed by atoms with Crippen molar-refractivity contribution in [2.24, 2.45) is 0 Å². The Bertz CT molecular complexity index is 467. The van der Waals surface area contributed by atoms with Crippen molar-refractivity contribution in [2.75, 3.05) is 26.7 Å². The number of para-hydroxylation sites is 1. The molecule has 0 bridgehead atoms. The maximum atomic E-state index is 12.2. The summed E-state index contributed by atoms with van der Waals surface area (Å²) < 4.78 is 6.64. The summed E-state index contributed by atoms with van der Waals surface area (Å²) in [7, 11) is 1.96. The minimum absolute atomic E-state index is 0.241. The maximum absolute atomic E-state index is 12.2. The zero-order valence-corrected chi connectivity index (χ0v) is 14.1. The van der Waals surface area contributed by atoms with Crippen molar-refractivity contribution in [2.45, 2.75) is 31.7 Å². The van der Waals surface area contributed by atoms with Gasteiger partial charge >= 0.3 is 0 Å². The maximum Gasteiger partial charge on any atom is 0.222 e. The van der Waals surface area contributed by atoms with E-state index in [1.807, 2.05) is 36.2 Å². The molecule has 0 saturated carbocycles. The van der Waals surface area contributed by atoms with Crippen LogP contribution in [-0.2, 0) is 4.79 Å². The molecule has 4 nitrogen and oxygen atoms in total. The molecule has 1 heterocycles. The normalized spacial score (nSPS) is 18.6. The van der Waals surface area contributed by atoms with Crippen LogP contribution in [0.4, 0.5) is 0 Å². The number of halogens is 1. The molecular weight excluding hydrogens is 332 g/mol. The van der Waals surface area contributed by atoms with Crippen molar-refractivity contribution < 1.29 is 9.53 Å². The SMILES string of the molecule is CNC1CCCN(C(=O)CCCOc2ccccc2Br)C1. The summed E-state index contributed by atoms with van der Waals surface area (Å²) >= 11 is 3.45. The molecule has 1 aliphatic rings. The lowest BCUT2D eigenvalue weighted by molar-refractivity contribution is -0.132. The van der Waals surface area contributed by atoms with Crippen LogP contribution in [0.2, 0.25) is 0 Å². The number of nitrogens with zero attached hydrogens (tertiary/aromatic N) is 1. The minimum atomic E-state index is 0.241. The van der Waals surface area contributed by atoms with Crippen molar-refractivity contribution in [1.82, 2.24) is 10.2 Å². The molecule has 21 heavy (non-hydrogen) atoms. The highest BCUT2D eigenvalue weighted by Crippen LogP contribution is 2.23. The molecule has 0 aromatic heterocycles. The lowest BCUT2D eigenvalue weighted by Gasteiger charge is -2.32. The lowest BCUT2D eigenvalue weighted by Crippen LogP contribution is -2.46. The van der Waals surface area contributed by atoms with Gasteiger partial charge in [-0.2, -0.15) is 0 Å². The average Bonchev–Trinajstić information content (AvgIpc) is 2.53. The second-order valence-corrected chi connectivity index (χ2v) is 6.20. The predicted octanol–water partition coefficient (Wildman–Crippen LogP) is 2.82. The number of rotatable bonds is 6. The van der Waals surface area contributed by atoms with E-state index in [1.54, 1.807) is 0 Å². The molecule has 0 aliphatic carbocycles. The monoisotopic (exact) mass is 354 g/mol. The number of ether oxygens (including phenoxy) is 1.